The zero-order valence-electron chi connectivity index (χ0n) is 13.8. The second-order valence-electron chi connectivity index (χ2n) is 6.01. The van der Waals surface area contributed by atoms with Crippen molar-refractivity contribution in [2.75, 3.05) is 0 Å². The van der Waals surface area contributed by atoms with Crippen LogP contribution in [0.2, 0.25) is 0 Å². The van der Waals surface area contributed by atoms with E-state index in [1.54, 1.807) is 22.8 Å². The van der Waals surface area contributed by atoms with Crippen LogP contribution in [0.25, 0.3) is 16.6 Å². The molecule has 0 radical (unpaired) electrons. The van der Waals surface area contributed by atoms with E-state index in [-0.39, 0.29) is 0 Å². The standard InChI is InChI=1S/C18H15F2N5/c1-10-9-21-11(2)18-23-17(24-25(10)18)6-4-13-3-5-14-15(20)7-12(19)8-16(14)22-13/h3,5,7-9H,4,6H2,1-2H3. The molecule has 0 aliphatic rings. The summed E-state index contributed by atoms with van der Waals surface area (Å²) in [5, 5.41) is 4.81. The maximum Gasteiger partial charge on any atom is 0.177 e. The molecule has 0 N–H and O–H groups in total. The van der Waals surface area contributed by atoms with Crippen LogP contribution >= 0.6 is 0 Å². The molecule has 1 aromatic carbocycles. The van der Waals surface area contributed by atoms with Gasteiger partial charge in [-0.05, 0) is 32.4 Å². The van der Waals surface area contributed by atoms with E-state index in [2.05, 4.69) is 20.1 Å². The molecule has 25 heavy (non-hydrogen) atoms. The third-order valence-corrected chi connectivity index (χ3v) is 4.14. The molecule has 3 heterocycles. The van der Waals surface area contributed by atoms with Gasteiger partial charge in [0.1, 0.15) is 11.6 Å². The van der Waals surface area contributed by atoms with Crippen molar-refractivity contribution in [2.24, 2.45) is 0 Å². The monoisotopic (exact) mass is 339 g/mol. The molecule has 4 rings (SSSR count). The van der Waals surface area contributed by atoms with Crippen LogP contribution in [0.4, 0.5) is 8.78 Å². The second-order valence-corrected chi connectivity index (χ2v) is 6.01. The minimum absolute atomic E-state index is 0.313. The van der Waals surface area contributed by atoms with Gasteiger partial charge in [0, 0.05) is 35.8 Å². The highest BCUT2D eigenvalue weighted by Crippen LogP contribution is 2.19. The summed E-state index contributed by atoms with van der Waals surface area (Å²) < 4.78 is 28.9. The van der Waals surface area contributed by atoms with Gasteiger partial charge in [0.15, 0.2) is 11.5 Å². The van der Waals surface area contributed by atoms with Gasteiger partial charge in [-0.3, -0.25) is 9.97 Å². The van der Waals surface area contributed by atoms with Crippen LogP contribution in [-0.2, 0) is 12.8 Å². The van der Waals surface area contributed by atoms with Crippen molar-refractivity contribution in [3.05, 3.63) is 65.0 Å². The van der Waals surface area contributed by atoms with Crippen LogP contribution in [0.3, 0.4) is 0 Å². The quantitative estimate of drug-likeness (QED) is 0.574. The first kappa shape index (κ1) is 15.6. The van der Waals surface area contributed by atoms with Crippen molar-refractivity contribution in [1.29, 1.82) is 0 Å². The summed E-state index contributed by atoms with van der Waals surface area (Å²) >= 11 is 0. The highest BCUT2D eigenvalue weighted by molar-refractivity contribution is 5.79. The highest BCUT2D eigenvalue weighted by atomic mass is 19.1. The Labute approximate surface area is 142 Å². The van der Waals surface area contributed by atoms with Crippen molar-refractivity contribution in [2.45, 2.75) is 26.7 Å². The summed E-state index contributed by atoms with van der Waals surface area (Å²) in [5.41, 5.74) is 3.52. The molecule has 0 amide bonds. The normalized spacial score (nSPS) is 11.5. The predicted octanol–water partition coefficient (Wildman–Crippen LogP) is 3.35. The lowest BCUT2D eigenvalue weighted by Gasteiger charge is -2.03. The molecule has 126 valence electrons. The Hall–Kier alpha value is -2.96. The van der Waals surface area contributed by atoms with Gasteiger partial charge in [0.25, 0.3) is 0 Å². The molecule has 4 aromatic rings. The van der Waals surface area contributed by atoms with E-state index in [4.69, 9.17) is 0 Å². The van der Waals surface area contributed by atoms with E-state index in [9.17, 15) is 8.78 Å². The predicted molar refractivity (Wildman–Crippen MR) is 89.3 cm³/mol. The number of pyridine rings is 1. The second kappa shape index (κ2) is 5.84. The lowest BCUT2D eigenvalue weighted by atomic mass is 10.1. The Bertz CT molecular complexity index is 1060. The average Bonchev–Trinajstić information content (AvgIpc) is 3.01. The number of hydrogen-bond acceptors (Lipinski definition) is 4. The maximum absolute atomic E-state index is 13.7. The number of benzene rings is 1. The highest BCUT2D eigenvalue weighted by Gasteiger charge is 2.10. The Kier molecular flexibility index (Phi) is 3.63. The molecule has 0 saturated heterocycles. The minimum Gasteiger partial charge on any atom is -0.256 e. The zero-order valence-corrected chi connectivity index (χ0v) is 13.8. The molecule has 3 aromatic heterocycles. The lowest BCUT2D eigenvalue weighted by molar-refractivity contribution is 0.591. The van der Waals surface area contributed by atoms with Gasteiger partial charge in [0.05, 0.1) is 16.9 Å². The van der Waals surface area contributed by atoms with Gasteiger partial charge in [-0.1, -0.05) is 0 Å². The molecule has 7 heteroatoms. The number of aryl methyl sites for hydroxylation is 4. The molecule has 0 aliphatic carbocycles. The van der Waals surface area contributed by atoms with Crippen LogP contribution in [0.1, 0.15) is 22.9 Å². The van der Waals surface area contributed by atoms with E-state index >= 15 is 0 Å². The Morgan fingerprint density at radius 3 is 2.68 bits per heavy atom. The lowest BCUT2D eigenvalue weighted by Crippen LogP contribution is -1.99. The molecular weight excluding hydrogens is 324 g/mol. The van der Waals surface area contributed by atoms with Crippen LogP contribution in [0.15, 0.2) is 30.5 Å². The molecule has 0 unspecified atom stereocenters. The maximum atomic E-state index is 13.7. The van der Waals surface area contributed by atoms with Gasteiger partial charge in [0.2, 0.25) is 0 Å². The molecule has 0 aliphatic heterocycles. The largest absolute Gasteiger partial charge is 0.256 e. The van der Waals surface area contributed by atoms with Crippen molar-refractivity contribution >= 4 is 16.6 Å². The fourth-order valence-corrected chi connectivity index (χ4v) is 2.82. The summed E-state index contributed by atoms with van der Waals surface area (Å²) in [7, 11) is 0. The summed E-state index contributed by atoms with van der Waals surface area (Å²) in [5.74, 6) is -0.545. The molecule has 0 bridgehead atoms. The topological polar surface area (TPSA) is 56.0 Å². The number of fused-ring (bicyclic) bond motifs is 2. The van der Waals surface area contributed by atoms with Gasteiger partial charge >= 0.3 is 0 Å². The number of halogens is 2. The van der Waals surface area contributed by atoms with Crippen molar-refractivity contribution < 1.29 is 8.78 Å². The van der Waals surface area contributed by atoms with Gasteiger partial charge in [-0.2, -0.15) is 5.10 Å². The third-order valence-electron chi connectivity index (χ3n) is 4.14. The first-order valence-electron chi connectivity index (χ1n) is 7.94. The summed E-state index contributed by atoms with van der Waals surface area (Å²) in [6.07, 6.45) is 2.92. The zero-order chi connectivity index (χ0) is 17.6. The Balaban J connectivity index is 1.62. The smallest absolute Gasteiger partial charge is 0.177 e. The molecule has 0 fully saturated rings. The van der Waals surface area contributed by atoms with Crippen LogP contribution in [-0.4, -0.2) is 24.6 Å². The molecular formula is C18H15F2N5. The summed E-state index contributed by atoms with van der Waals surface area (Å²) in [6, 6.07) is 5.48. The number of aromatic nitrogens is 5. The van der Waals surface area contributed by atoms with Gasteiger partial charge in [-0.15, -0.1) is 0 Å². The van der Waals surface area contributed by atoms with E-state index in [0.29, 0.717) is 29.6 Å². The Morgan fingerprint density at radius 1 is 1.04 bits per heavy atom. The first-order valence-corrected chi connectivity index (χ1v) is 7.94. The number of hydrogen-bond donors (Lipinski definition) is 0. The number of rotatable bonds is 3. The summed E-state index contributed by atoms with van der Waals surface area (Å²) in [4.78, 5) is 13.1. The van der Waals surface area contributed by atoms with Crippen LogP contribution in [0.5, 0.6) is 0 Å². The average molecular weight is 339 g/mol. The van der Waals surface area contributed by atoms with E-state index < -0.39 is 11.6 Å². The van der Waals surface area contributed by atoms with Crippen LogP contribution in [0, 0.1) is 25.5 Å². The third kappa shape index (κ3) is 2.82. The Morgan fingerprint density at radius 2 is 1.88 bits per heavy atom. The van der Waals surface area contributed by atoms with E-state index in [1.807, 2.05) is 13.8 Å². The molecule has 0 saturated carbocycles. The first-order chi connectivity index (χ1) is 12.0. The number of nitrogens with zero attached hydrogens (tertiary/aromatic N) is 5. The van der Waals surface area contributed by atoms with E-state index in [0.717, 1.165) is 28.8 Å². The minimum atomic E-state index is -0.630. The molecule has 0 atom stereocenters. The van der Waals surface area contributed by atoms with Crippen LogP contribution < -0.4 is 0 Å². The van der Waals surface area contributed by atoms with Gasteiger partial charge in [-0.25, -0.2) is 18.3 Å². The SMILES string of the molecule is Cc1ncc(C)n2nc(CCc3ccc4c(F)cc(F)cc4n3)nc12. The molecule has 0 spiro atoms. The van der Waals surface area contributed by atoms with Crippen molar-refractivity contribution in [3.8, 4) is 0 Å². The fraction of sp³-hybridized carbons (Fsp3) is 0.222. The fourth-order valence-electron chi connectivity index (χ4n) is 2.82. The summed E-state index contributed by atoms with van der Waals surface area (Å²) in [6.45, 7) is 3.81. The van der Waals surface area contributed by atoms with Crippen molar-refractivity contribution in [3.63, 3.8) is 0 Å². The van der Waals surface area contributed by atoms with E-state index in [1.165, 1.54) is 6.07 Å². The van der Waals surface area contributed by atoms with Gasteiger partial charge < -0.3 is 0 Å². The van der Waals surface area contributed by atoms with Crippen molar-refractivity contribution in [1.82, 2.24) is 24.6 Å². The molecule has 5 nitrogen and oxygen atoms in total.